The van der Waals surface area contributed by atoms with Gasteiger partial charge in [0.25, 0.3) is 10.1 Å². The molecule has 0 heterocycles. The maximum atomic E-state index is 11.0. The monoisotopic (exact) mass is 288 g/mol. The van der Waals surface area contributed by atoms with Crippen LogP contribution < -0.4 is 0 Å². The molecule has 0 fully saturated rings. The molecule has 1 N–H and O–H groups in total. The van der Waals surface area contributed by atoms with Crippen LogP contribution in [0.25, 0.3) is 10.8 Å². The third kappa shape index (κ3) is 5.24. The molecule has 5 heteroatoms. The summed E-state index contributed by atoms with van der Waals surface area (Å²) in [5.41, 5.74) is 0. The zero-order chi connectivity index (χ0) is 14.5. The van der Waals surface area contributed by atoms with E-state index in [0.717, 1.165) is 8.55 Å². The van der Waals surface area contributed by atoms with Gasteiger partial charge in [-0.1, -0.05) is 36.4 Å². The minimum atomic E-state index is -4.13. The van der Waals surface area contributed by atoms with E-state index in [-0.39, 0.29) is 4.90 Å². The van der Waals surface area contributed by atoms with E-state index in [0.29, 0.717) is 5.39 Å². The molecule has 0 aromatic heterocycles. The number of benzene rings is 2. The predicted octanol–water partition coefficient (Wildman–Crippen LogP) is 3.46. The van der Waals surface area contributed by atoms with Gasteiger partial charge >= 0.3 is 51.4 Å². The van der Waals surface area contributed by atoms with Crippen LogP contribution in [0.15, 0.2) is 47.4 Å². The molecular weight excluding hydrogens is 271 g/mol. The Labute approximate surface area is 132 Å². The van der Waals surface area contributed by atoms with Crippen LogP contribution >= 0.6 is 0 Å². The van der Waals surface area contributed by atoms with Crippen molar-refractivity contribution in [3.05, 3.63) is 42.5 Å². The molecule has 2 aromatic rings. The van der Waals surface area contributed by atoms with Crippen molar-refractivity contribution in [1.82, 2.24) is 0 Å². The standard InChI is InChI=1S/C10H8O3S.C4H9.Na/c11-14(12,13)10-7-3-5-8-4-1-2-6-9(8)10;1-3-4-2;/h1-7H,(H,11,12,13);3H,4H2,1-2H3;. The van der Waals surface area contributed by atoms with Crippen LogP contribution in [0.2, 0.25) is 3.17 Å². The fourth-order valence-electron chi connectivity index (χ4n) is 1.42. The number of hydrogen-bond donors (Lipinski definition) is 1. The van der Waals surface area contributed by atoms with Crippen molar-refractivity contribution < 1.29 is 13.0 Å². The average molecular weight is 288 g/mol. The molecule has 0 aliphatic heterocycles. The summed E-state index contributed by atoms with van der Waals surface area (Å²) in [4.78, 5) is -0.0457. The summed E-state index contributed by atoms with van der Waals surface area (Å²) < 4.78 is 32.0. The number of rotatable bonds is 2. The third-order valence-electron chi connectivity index (χ3n) is 2.84. The Bertz CT molecular complexity index is 631. The number of fused-ring (bicyclic) bond motifs is 1. The molecule has 1 unspecified atom stereocenters. The molecule has 3 nitrogen and oxygen atoms in total. The van der Waals surface area contributed by atoms with Crippen LogP contribution in [0, 0.1) is 0 Å². The van der Waals surface area contributed by atoms with Crippen LogP contribution in [-0.2, 0) is 10.1 Å². The van der Waals surface area contributed by atoms with Crippen LogP contribution in [0.5, 0.6) is 0 Å². The van der Waals surface area contributed by atoms with Gasteiger partial charge in [-0.15, -0.1) is 0 Å². The first kappa shape index (κ1) is 16.7. The summed E-state index contributed by atoms with van der Waals surface area (Å²) >= 11 is 1.37. The first-order valence-corrected chi connectivity index (χ1v) is 8.91. The second kappa shape index (κ2) is 7.41. The molecule has 0 aliphatic rings. The first-order chi connectivity index (χ1) is 8.86. The Morgan fingerprint density at radius 3 is 2.21 bits per heavy atom. The summed E-state index contributed by atoms with van der Waals surface area (Å²) in [6, 6.07) is 11.8. The van der Waals surface area contributed by atoms with Crippen molar-refractivity contribution >= 4 is 48.8 Å². The maximum Gasteiger partial charge on any atom is 0.295 e. The van der Waals surface area contributed by atoms with Gasteiger partial charge in [-0.2, -0.15) is 8.42 Å². The minimum absolute atomic E-state index is 0.0457. The van der Waals surface area contributed by atoms with E-state index < -0.39 is 10.1 Å². The van der Waals surface area contributed by atoms with Crippen molar-refractivity contribution in [3.63, 3.8) is 0 Å². The Hall–Kier alpha value is -0.390. The molecule has 0 spiro atoms. The van der Waals surface area contributed by atoms with Crippen molar-refractivity contribution in [3.8, 4) is 0 Å². The van der Waals surface area contributed by atoms with Gasteiger partial charge in [-0.3, -0.25) is 4.55 Å². The fraction of sp³-hybridized carbons (Fsp3) is 0.286. The van der Waals surface area contributed by atoms with Crippen molar-refractivity contribution in [2.45, 2.75) is 28.3 Å². The molecule has 0 saturated carbocycles. The van der Waals surface area contributed by atoms with E-state index in [1.807, 2.05) is 6.07 Å². The molecule has 0 saturated heterocycles. The topological polar surface area (TPSA) is 54.4 Å². The number of hydrogen-bond acceptors (Lipinski definition) is 2. The van der Waals surface area contributed by atoms with Gasteiger partial charge in [0.05, 0.1) is 0 Å². The van der Waals surface area contributed by atoms with E-state index >= 15 is 0 Å². The van der Waals surface area contributed by atoms with E-state index in [4.69, 9.17) is 4.55 Å². The predicted molar refractivity (Wildman–Crippen MR) is 79.2 cm³/mol. The molecule has 2 rings (SSSR count). The van der Waals surface area contributed by atoms with Crippen LogP contribution in [0.3, 0.4) is 0 Å². The van der Waals surface area contributed by atoms with Gasteiger partial charge in [-0.25, -0.2) is 0 Å². The SMILES string of the molecule is CC[CH](C)[Na].O=S(=O)(O)c1cccc2ccccc12. The molecule has 0 radical (unpaired) electrons. The molecule has 1 atom stereocenters. The summed E-state index contributed by atoms with van der Waals surface area (Å²) in [5, 5.41) is 1.33. The van der Waals surface area contributed by atoms with Gasteiger partial charge in [0, 0.05) is 5.39 Å². The summed E-state index contributed by atoms with van der Waals surface area (Å²) in [7, 11) is -4.13. The van der Waals surface area contributed by atoms with E-state index in [1.165, 1.54) is 40.4 Å². The molecular formula is C14H17NaO3S. The smallest absolute Gasteiger partial charge is 0.282 e. The summed E-state index contributed by atoms with van der Waals surface area (Å²) in [5.74, 6) is 0. The van der Waals surface area contributed by atoms with Gasteiger partial charge in [-0.05, 0) is 11.5 Å². The normalized spacial score (nSPS) is 12.7. The Morgan fingerprint density at radius 2 is 1.68 bits per heavy atom. The zero-order valence-corrected chi connectivity index (χ0v) is 14.3. The van der Waals surface area contributed by atoms with E-state index in [2.05, 4.69) is 13.8 Å². The quantitative estimate of drug-likeness (QED) is 0.680. The molecule has 0 bridgehead atoms. The van der Waals surface area contributed by atoms with Crippen LogP contribution in [0.1, 0.15) is 20.3 Å². The van der Waals surface area contributed by atoms with E-state index in [1.54, 1.807) is 30.3 Å². The fourth-order valence-corrected chi connectivity index (χ4v) is 2.13. The van der Waals surface area contributed by atoms with Gasteiger partial charge in [0.15, 0.2) is 0 Å². The van der Waals surface area contributed by atoms with Crippen molar-refractivity contribution in [2.75, 3.05) is 0 Å². The summed E-state index contributed by atoms with van der Waals surface area (Å²) in [6.07, 6.45) is 1.37. The van der Waals surface area contributed by atoms with Gasteiger partial charge in [0.2, 0.25) is 0 Å². The molecule has 0 amide bonds. The summed E-state index contributed by atoms with van der Waals surface area (Å²) in [6.45, 7) is 4.52. The minimum Gasteiger partial charge on any atom is -0.282 e. The van der Waals surface area contributed by atoms with Crippen molar-refractivity contribution in [2.24, 2.45) is 0 Å². The average Bonchev–Trinajstić information content (AvgIpc) is 2.37. The Kier molecular flexibility index (Phi) is 6.50. The second-order valence-electron chi connectivity index (χ2n) is 4.75. The first-order valence-electron chi connectivity index (χ1n) is 6.31. The molecule has 0 aliphatic carbocycles. The molecule has 98 valence electrons. The zero-order valence-electron chi connectivity index (χ0n) is 11.5. The largest absolute Gasteiger partial charge is 0.295 e. The third-order valence-corrected chi connectivity index (χ3v) is 4.57. The molecule has 2 aromatic carbocycles. The molecule has 19 heavy (non-hydrogen) atoms. The van der Waals surface area contributed by atoms with Gasteiger partial charge in [0.1, 0.15) is 4.90 Å². The van der Waals surface area contributed by atoms with Gasteiger partial charge < -0.3 is 0 Å². The van der Waals surface area contributed by atoms with Crippen LogP contribution in [0.4, 0.5) is 0 Å². The Balaban J connectivity index is 0.000000312. The van der Waals surface area contributed by atoms with Crippen molar-refractivity contribution in [1.29, 1.82) is 0 Å². The Morgan fingerprint density at radius 1 is 1.16 bits per heavy atom. The second-order valence-corrected chi connectivity index (χ2v) is 8.12. The maximum absolute atomic E-state index is 11.0. The van der Waals surface area contributed by atoms with Crippen LogP contribution in [-0.4, -0.2) is 40.9 Å². The van der Waals surface area contributed by atoms with E-state index in [9.17, 15) is 8.42 Å².